The Balaban J connectivity index is -0.000000297. The third kappa shape index (κ3) is 14.4. The fourth-order valence-corrected chi connectivity index (χ4v) is 0.321. The first kappa shape index (κ1) is 26.9. The minimum absolute atomic E-state index is 1.37. The van der Waals surface area contributed by atoms with Gasteiger partial charge in [0.15, 0.2) is 0 Å². The molecular weight excluding hydrogens is 383 g/mol. The standard InChI is InChI=1S/2C3F6O.C2H5.Al.2H/c2*4-2(5,6)1(10)3(7,8)9;1-2;;;/h;;1H2,2H3;;;. The molecule has 23 heavy (non-hydrogen) atoms. The van der Waals surface area contributed by atoms with Crippen molar-refractivity contribution in [2.45, 2.75) is 36.9 Å². The van der Waals surface area contributed by atoms with E-state index in [2.05, 4.69) is 6.92 Å². The highest BCUT2D eigenvalue weighted by atomic mass is 27.0. The Labute approximate surface area is 128 Å². The van der Waals surface area contributed by atoms with Crippen molar-refractivity contribution >= 4 is 27.9 Å². The van der Waals surface area contributed by atoms with E-state index >= 15 is 0 Å². The summed E-state index contributed by atoms with van der Waals surface area (Å²) in [5, 5.41) is 1.39. The Morgan fingerprint density at radius 3 is 0.696 bits per heavy atom. The van der Waals surface area contributed by atoms with Gasteiger partial charge in [-0.05, 0) is 0 Å². The number of Topliss-reactive ketones (excluding diaryl/α,β-unsaturated/α-hetero) is 2. The van der Waals surface area contributed by atoms with Crippen molar-refractivity contribution < 1.29 is 62.3 Å². The van der Waals surface area contributed by atoms with Gasteiger partial charge in [-0.15, -0.1) is 5.28 Å². The van der Waals surface area contributed by atoms with Gasteiger partial charge in [-0.2, -0.15) is 52.7 Å². The average molecular weight is 390 g/mol. The van der Waals surface area contributed by atoms with Gasteiger partial charge in [0.25, 0.3) is 0 Å². The van der Waals surface area contributed by atoms with Crippen LogP contribution >= 0.6 is 0 Å². The van der Waals surface area contributed by atoms with Gasteiger partial charge in [0.05, 0.1) is 0 Å². The maximum Gasteiger partial charge on any atom is 0.459 e. The van der Waals surface area contributed by atoms with Crippen LogP contribution in [-0.4, -0.2) is 52.6 Å². The van der Waals surface area contributed by atoms with Crippen molar-refractivity contribution in [1.29, 1.82) is 0 Å². The lowest BCUT2D eigenvalue weighted by molar-refractivity contribution is -0.217. The van der Waals surface area contributed by atoms with Crippen LogP contribution in [0.2, 0.25) is 5.28 Å². The average Bonchev–Trinajstić information content (AvgIpc) is 2.24. The summed E-state index contributed by atoms with van der Waals surface area (Å²) < 4.78 is 131. The molecule has 0 radical (unpaired) electrons. The molecule has 0 saturated heterocycles. The van der Waals surface area contributed by atoms with E-state index in [4.69, 9.17) is 0 Å². The first-order chi connectivity index (χ1) is 9.72. The minimum atomic E-state index is -5.82. The molecule has 0 unspecified atom stereocenters. The maximum atomic E-state index is 10.9. The zero-order valence-corrected chi connectivity index (χ0v) is 13.1. The molecule has 138 valence electrons. The Bertz CT molecular complexity index is 306. The van der Waals surface area contributed by atoms with Crippen molar-refractivity contribution in [3.63, 3.8) is 0 Å². The van der Waals surface area contributed by atoms with Gasteiger partial charge in [0, 0.05) is 0 Å². The maximum absolute atomic E-state index is 10.9. The van der Waals surface area contributed by atoms with Gasteiger partial charge in [-0.1, -0.05) is 6.92 Å². The van der Waals surface area contributed by atoms with E-state index < -0.39 is 36.3 Å². The number of ketones is 2. The van der Waals surface area contributed by atoms with Gasteiger partial charge in [-0.25, -0.2) is 0 Å². The van der Waals surface area contributed by atoms with Gasteiger partial charge < -0.3 is 0 Å². The lowest BCUT2D eigenvalue weighted by Crippen LogP contribution is -2.36. The summed E-state index contributed by atoms with van der Waals surface area (Å²) in [6.45, 7) is 2.19. The molecule has 0 aliphatic heterocycles. The van der Waals surface area contributed by atoms with E-state index in [0.29, 0.717) is 0 Å². The first-order valence-corrected chi connectivity index (χ1v) is 6.50. The predicted molar refractivity (Wildman–Crippen MR) is 53.3 cm³/mol. The lowest BCUT2D eigenvalue weighted by atomic mass is 10.4. The van der Waals surface area contributed by atoms with Crippen LogP contribution in [0.25, 0.3) is 0 Å². The van der Waals surface area contributed by atoms with Crippen LogP contribution in [0.1, 0.15) is 6.92 Å². The molecule has 0 bridgehead atoms. The molecule has 0 aromatic carbocycles. The number of rotatable bonds is 0. The molecule has 0 spiro atoms. The van der Waals surface area contributed by atoms with Crippen LogP contribution in [0.5, 0.6) is 0 Å². The predicted octanol–water partition coefficient (Wildman–Crippen LogP) is 3.42. The minimum Gasteiger partial charge on any atom is -0.279 e. The molecule has 0 aromatic heterocycles. The van der Waals surface area contributed by atoms with Crippen LogP contribution in [-0.2, 0) is 9.59 Å². The molecule has 0 saturated carbocycles. The number of carbonyl (C=O) groups excluding carboxylic acids is 2. The largest absolute Gasteiger partial charge is 0.459 e. The monoisotopic (exact) mass is 390 g/mol. The van der Waals surface area contributed by atoms with Crippen LogP contribution < -0.4 is 0 Å². The summed E-state index contributed by atoms with van der Waals surface area (Å²) in [6.07, 6.45) is -23.3. The molecule has 0 heterocycles. The highest BCUT2D eigenvalue weighted by Gasteiger charge is 2.56. The molecule has 0 aliphatic rings. The van der Waals surface area contributed by atoms with Gasteiger partial charge in [-0.3, -0.25) is 9.59 Å². The van der Waals surface area contributed by atoms with Crippen LogP contribution in [0.15, 0.2) is 0 Å². The fraction of sp³-hybridized carbons (Fsp3) is 0.750. The number of alkyl halides is 12. The van der Waals surface area contributed by atoms with Crippen molar-refractivity contribution in [3.05, 3.63) is 0 Å². The van der Waals surface area contributed by atoms with Gasteiger partial charge in [0.1, 0.15) is 0 Å². The summed E-state index contributed by atoms with van der Waals surface area (Å²) in [5.74, 6) is -7.36. The molecule has 0 fully saturated rings. The molecule has 0 amide bonds. The Morgan fingerprint density at radius 2 is 0.696 bits per heavy atom. The molecule has 0 aromatic rings. The van der Waals surface area contributed by atoms with E-state index in [9.17, 15) is 62.3 Å². The van der Waals surface area contributed by atoms with Crippen LogP contribution in [0, 0.1) is 0 Å². The lowest BCUT2D eigenvalue weighted by Gasteiger charge is -2.06. The number of hydrogen-bond acceptors (Lipinski definition) is 2. The Morgan fingerprint density at radius 1 is 0.609 bits per heavy atom. The van der Waals surface area contributed by atoms with E-state index in [-0.39, 0.29) is 0 Å². The zero-order valence-electron chi connectivity index (χ0n) is 11.1. The topological polar surface area (TPSA) is 34.1 Å². The van der Waals surface area contributed by atoms with Crippen molar-refractivity contribution in [2.24, 2.45) is 0 Å². The second-order valence-electron chi connectivity index (χ2n) is 3.36. The molecule has 0 aliphatic carbocycles. The van der Waals surface area contributed by atoms with Crippen LogP contribution in [0.4, 0.5) is 52.7 Å². The molecule has 0 atom stereocenters. The smallest absolute Gasteiger partial charge is 0.279 e. The second kappa shape index (κ2) is 9.36. The Hall–Kier alpha value is -0.968. The number of hydrogen-bond donors (Lipinski definition) is 0. The summed E-state index contributed by atoms with van der Waals surface area (Å²) in [5.41, 5.74) is 0. The summed E-state index contributed by atoms with van der Waals surface area (Å²) >= 11 is 1.37. The summed E-state index contributed by atoms with van der Waals surface area (Å²) in [6, 6.07) is 0. The van der Waals surface area contributed by atoms with Gasteiger partial charge >= 0.3 is 36.3 Å². The van der Waals surface area contributed by atoms with Crippen molar-refractivity contribution in [1.82, 2.24) is 0 Å². The summed E-state index contributed by atoms with van der Waals surface area (Å²) in [7, 11) is 0. The normalized spacial score (nSPS) is 12.4. The van der Waals surface area contributed by atoms with E-state index in [0.717, 1.165) is 0 Å². The third-order valence-corrected chi connectivity index (χ3v) is 1.03. The number of carbonyl (C=O) groups is 2. The molecule has 0 N–H and O–H groups in total. The highest BCUT2D eigenvalue weighted by Crippen LogP contribution is 2.28. The highest BCUT2D eigenvalue weighted by molar-refractivity contribution is 6.08. The third-order valence-electron chi connectivity index (χ3n) is 1.03. The molecule has 15 heteroatoms. The summed E-state index contributed by atoms with van der Waals surface area (Å²) in [4.78, 5) is 18.5. The fourth-order valence-electron chi connectivity index (χ4n) is 0.321. The van der Waals surface area contributed by atoms with E-state index in [1.165, 1.54) is 21.6 Å². The molecular formula is C8H7AlF12O2. The molecule has 0 rings (SSSR count). The zero-order chi connectivity index (χ0) is 19.9. The van der Waals surface area contributed by atoms with E-state index in [1.54, 1.807) is 0 Å². The van der Waals surface area contributed by atoms with Gasteiger partial charge in [0.2, 0.25) is 16.3 Å². The quantitative estimate of drug-likeness (QED) is 0.470. The Kier molecular flexibility index (Phi) is 10.9. The first-order valence-electron chi connectivity index (χ1n) is 5.09. The number of halogens is 12. The van der Waals surface area contributed by atoms with E-state index in [1.807, 2.05) is 0 Å². The second-order valence-corrected chi connectivity index (χ2v) is 4.77. The van der Waals surface area contributed by atoms with Crippen molar-refractivity contribution in [2.75, 3.05) is 0 Å². The molecule has 2 nitrogen and oxygen atoms in total. The van der Waals surface area contributed by atoms with Crippen LogP contribution in [0.3, 0.4) is 0 Å². The SMILES string of the molecule is C[CH2][AlH2].O=C(C(F)(F)F)C(F)(F)F.O=C(C(F)(F)F)C(F)(F)F. The van der Waals surface area contributed by atoms with Crippen molar-refractivity contribution in [3.8, 4) is 0 Å².